The Hall–Kier alpha value is -2.92. The lowest BCUT2D eigenvalue weighted by molar-refractivity contribution is -0.394. The molecule has 0 radical (unpaired) electrons. The highest BCUT2D eigenvalue weighted by molar-refractivity contribution is 7.14. The van der Waals surface area contributed by atoms with E-state index in [4.69, 9.17) is 5.73 Å². The summed E-state index contributed by atoms with van der Waals surface area (Å²) in [5, 5.41) is 26.2. The molecule has 2 aromatic rings. The molecule has 126 valence electrons. The minimum atomic E-state index is -0.798. The maximum Gasteiger partial charge on any atom is 0.277 e. The highest BCUT2D eigenvalue weighted by atomic mass is 32.1. The highest BCUT2D eigenvalue weighted by Gasteiger charge is 2.20. The quantitative estimate of drug-likeness (QED) is 0.596. The van der Waals surface area contributed by atoms with E-state index in [1.165, 1.54) is 11.3 Å². The first-order valence-electron chi connectivity index (χ1n) is 6.71. The molecule has 0 aliphatic rings. The van der Waals surface area contributed by atoms with E-state index in [0.717, 1.165) is 18.2 Å². The van der Waals surface area contributed by atoms with Crippen LogP contribution in [0.5, 0.6) is 0 Å². The molecule has 1 atom stereocenters. The minimum Gasteiger partial charge on any atom is -0.328 e. The van der Waals surface area contributed by atoms with Crippen LogP contribution in [0.25, 0.3) is 0 Å². The number of non-ortho nitro benzene ring substituents is 2. The fraction of sp³-hybridized carbons (Fsp3) is 0.231. The number of nitro benzene ring substituents is 2. The van der Waals surface area contributed by atoms with Crippen molar-refractivity contribution in [3.05, 3.63) is 55.1 Å². The third kappa shape index (κ3) is 4.30. The van der Waals surface area contributed by atoms with E-state index in [1.54, 1.807) is 5.38 Å². The maximum atomic E-state index is 12.2. The summed E-state index contributed by atoms with van der Waals surface area (Å²) in [5.74, 6) is -0.719. The number of nitro groups is 2. The standard InChI is InChI=1S/C13H13N5O5S/c1-7(14)2-9-6-24-13(15-9)16-12(19)8-3-10(17(20)21)5-11(4-8)18(22)23/h3-7H,2,14H2,1H3,(H,15,16,19). The van der Waals surface area contributed by atoms with Gasteiger partial charge in [0, 0.05) is 30.0 Å². The Bertz CT molecular complexity index is 772. The van der Waals surface area contributed by atoms with Gasteiger partial charge < -0.3 is 5.73 Å². The molecule has 1 aromatic heterocycles. The third-order valence-electron chi connectivity index (χ3n) is 2.89. The Morgan fingerprint density at radius 3 is 2.38 bits per heavy atom. The Balaban J connectivity index is 2.24. The van der Waals surface area contributed by atoms with Crippen molar-refractivity contribution in [3.63, 3.8) is 0 Å². The number of rotatable bonds is 6. The number of hydrogen-bond acceptors (Lipinski definition) is 8. The molecule has 0 aliphatic carbocycles. The molecule has 0 bridgehead atoms. The molecular formula is C13H13N5O5S. The summed E-state index contributed by atoms with van der Waals surface area (Å²) >= 11 is 1.17. The van der Waals surface area contributed by atoms with Crippen molar-refractivity contribution in [2.24, 2.45) is 5.73 Å². The summed E-state index contributed by atoms with van der Waals surface area (Å²) < 4.78 is 0. The number of nitrogens with zero attached hydrogens (tertiary/aromatic N) is 3. The zero-order chi connectivity index (χ0) is 17.9. The molecule has 1 heterocycles. The first-order valence-corrected chi connectivity index (χ1v) is 7.59. The molecular weight excluding hydrogens is 338 g/mol. The predicted molar refractivity (Wildman–Crippen MR) is 87.2 cm³/mol. The van der Waals surface area contributed by atoms with E-state index < -0.39 is 27.1 Å². The summed E-state index contributed by atoms with van der Waals surface area (Å²) in [6.45, 7) is 1.82. The summed E-state index contributed by atoms with van der Waals surface area (Å²) in [7, 11) is 0. The largest absolute Gasteiger partial charge is 0.328 e. The minimum absolute atomic E-state index is 0.0879. The first-order chi connectivity index (χ1) is 11.3. The molecule has 1 amide bonds. The summed E-state index contributed by atoms with van der Waals surface area (Å²) in [4.78, 5) is 36.4. The van der Waals surface area contributed by atoms with Gasteiger partial charge in [-0.05, 0) is 6.92 Å². The van der Waals surface area contributed by atoms with E-state index >= 15 is 0 Å². The van der Waals surface area contributed by atoms with Crippen LogP contribution in [-0.4, -0.2) is 26.8 Å². The second kappa shape index (κ2) is 7.10. The smallest absolute Gasteiger partial charge is 0.277 e. The van der Waals surface area contributed by atoms with Gasteiger partial charge >= 0.3 is 0 Å². The molecule has 3 N–H and O–H groups in total. The van der Waals surface area contributed by atoms with Gasteiger partial charge in [0.2, 0.25) is 0 Å². The summed E-state index contributed by atoms with van der Waals surface area (Å²) in [6, 6.07) is 2.65. The van der Waals surface area contributed by atoms with Crippen LogP contribution in [0.3, 0.4) is 0 Å². The first kappa shape index (κ1) is 17.4. The number of carbonyl (C=O) groups excluding carboxylic acids is 1. The third-order valence-corrected chi connectivity index (χ3v) is 3.70. The highest BCUT2D eigenvalue weighted by Crippen LogP contribution is 2.24. The second-order valence-corrected chi connectivity index (χ2v) is 5.89. The molecule has 1 aromatic carbocycles. The van der Waals surface area contributed by atoms with E-state index in [2.05, 4.69) is 10.3 Å². The van der Waals surface area contributed by atoms with E-state index in [0.29, 0.717) is 12.1 Å². The number of aromatic nitrogens is 1. The van der Waals surface area contributed by atoms with Crippen molar-refractivity contribution in [2.45, 2.75) is 19.4 Å². The van der Waals surface area contributed by atoms with Crippen molar-refractivity contribution in [1.29, 1.82) is 0 Å². The zero-order valence-corrected chi connectivity index (χ0v) is 13.3. The van der Waals surface area contributed by atoms with Gasteiger partial charge in [0.05, 0.1) is 27.2 Å². The molecule has 0 saturated heterocycles. The lowest BCUT2D eigenvalue weighted by Gasteiger charge is -2.03. The average molecular weight is 351 g/mol. The Morgan fingerprint density at radius 2 is 1.88 bits per heavy atom. The number of anilines is 1. The summed E-state index contributed by atoms with van der Waals surface area (Å²) in [5.41, 5.74) is 5.10. The van der Waals surface area contributed by atoms with Crippen LogP contribution in [0.4, 0.5) is 16.5 Å². The van der Waals surface area contributed by atoms with Crippen molar-refractivity contribution in [1.82, 2.24) is 4.98 Å². The van der Waals surface area contributed by atoms with Gasteiger partial charge in [0.15, 0.2) is 5.13 Å². The predicted octanol–water partition coefficient (Wildman–Crippen LogP) is 2.10. The summed E-state index contributed by atoms with van der Waals surface area (Å²) in [6.07, 6.45) is 0.536. The van der Waals surface area contributed by atoms with Crippen LogP contribution in [-0.2, 0) is 6.42 Å². The van der Waals surface area contributed by atoms with Crippen LogP contribution in [0.1, 0.15) is 23.0 Å². The van der Waals surface area contributed by atoms with E-state index in [-0.39, 0.29) is 16.7 Å². The molecule has 0 aliphatic heterocycles. The molecule has 10 nitrogen and oxygen atoms in total. The Kier molecular flexibility index (Phi) is 5.16. The monoisotopic (exact) mass is 351 g/mol. The van der Waals surface area contributed by atoms with Crippen molar-refractivity contribution in [2.75, 3.05) is 5.32 Å². The molecule has 1 unspecified atom stereocenters. The van der Waals surface area contributed by atoms with Crippen LogP contribution in [0.15, 0.2) is 23.6 Å². The SMILES string of the molecule is CC(N)Cc1csc(NC(=O)c2cc([N+](=O)[O-])cc([N+](=O)[O-])c2)n1. The van der Waals surface area contributed by atoms with Gasteiger partial charge in [-0.1, -0.05) is 0 Å². The fourth-order valence-corrected chi connectivity index (χ4v) is 2.61. The van der Waals surface area contributed by atoms with Crippen molar-refractivity contribution >= 4 is 33.8 Å². The van der Waals surface area contributed by atoms with Crippen LogP contribution >= 0.6 is 11.3 Å². The molecule has 2 rings (SSSR count). The van der Waals surface area contributed by atoms with Gasteiger partial charge in [-0.25, -0.2) is 4.98 Å². The number of thiazole rings is 1. The van der Waals surface area contributed by atoms with Crippen LogP contribution in [0.2, 0.25) is 0 Å². The number of benzene rings is 1. The van der Waals surface area contributed by atoms with Crippen molar-refractivity contribution < 1.29 is 14.6 Å². The molecule has 24 heavy (non-hydrogen) atoms. The van der Waals surface area contributed by atoms with E-state index in [1.807, 2.05) is 6.92 Å². The molecule has 0 spiro atoms. The molecule has 0 saturated carbocycles. The van der Waals surface area contributed by atoms with Gasteiger partial charge in [-0.15, -0.1) is 11.3 Å². The number of nitrogens with one attached hydrogen (secondary N) is 1. The lowest BCUT2D eigenvalue weighted by atomic mass is 10.1. The Labute approximate surface area is 139 Å². The number of nitrogens with two attached hydrogens (primary N) is 1. The number of amides is 1. The number of hydrogen-bond donors (Lipinski definition) is 2. The molecule has 0 fully saturated rings. The normalized spacial score (nSPS) is 11.8. The van der Waals surface area contributed by atoms with Gasteiger partial charge in [-0.2, -0.15) is 0 Å². The fourth-order valence-electron chi connectivity index (χ4n) is 1.89. The average Bonchev–Trinajstić information content (AvgIpc) is 2.92. The van der Waals surface area contributed by atoms with Gasteiger partial charge in [-0.3, -0.25) is 30.3 Å². The Morgan fingerprint density at radius 1 is 1.29 bits per heavy atom. The van der Waals surface area contributed by atoms with Gasteiger partial charge in [0.1, 0.15) is 0 Å². The molecule has 11 heteroatoms. The number of carbonyl (C=O) groups is 1. The van der Waals surface area contributed by atoms with Crippen molar-refractivity contribution in [3.8, 4) is 0 Å². The topological polar surface area (TPSA) is 154 Å². The lowest BCUT2D eigenvalue weighted by Crippen LogP contribution is -2.18. The van der Waals surface area contributed by atoms with Crippen LogP contribution < -0.4 is 11.1 Å². The maximum absolute atomic E-state index is 12.2. The zero-order valence-electron chi connectivity index (χ0n) is 12.5. The van der Waals surface area contributed by atoms with Gasteiger partial charge in [0.25, 0.3) is 17.3 Å². The second-order valence-electron chi connectivity index (χ2n) is 5.03. The van der Waals surface area contributed by atoms with Crippen LogP contribution in [0, 0.1) is 20.2 Å². The van der Waals surface area contributed by atoms with E-state index in [9.17, 15) is 25.0 Å².